The first-order chi connectivity index (χ1) is 9.65. The molecule has 0 spiro atoms. The summed E-state index contributed by atoms with van der Waals surface area (Å²) in [5.41, 5.74) is 0.952. The Morgan fingerprint density at radius 1 is 1.25 bits per heavy atom. The Bertz CT molecular complexity index is 420. The minimum atomic E-state index is -0.284. The fourth-order valence-electron chi connectivity index (χ4n) is 2.39. The third kappa shape index (κ3) is 5.02. The minimum absolute atomic E-state index is 0.284. The quantitative estimate of drug-likeness (QED) is 0.813. The number of likely N-dealkylation sites (N-methyl/N-ethyl adjacent to an activating group) is 1. The number of hydrogen-bond donors (Lipinski definition) is 1. The van der Waals surface area contributed by atoms with Crippen LogP contribution >= 0.6 is 11.6 Å². The van der Waals surface area contributed by atoms with Gasteiger partial charge in [-0.1, -0.05) is 17.7 Å². The molecule has 1 aliphatic heterocycles. The van der Waals surface area contributed by atoms with Crippen molar-refractivity contribution in [2.75, 3.05) is 46.3 Å². The van der Waals surface area contributed by atoms with Crippen molar-refractivity contribution in [3.63, 3.8) is 0 Å². The van der Waals surface area contributed by atoms with Crippen LogP contribution in [-0.2, 0) is 6.54 Å². The Morgan fingerprint density at radius 2 is 2.00 bits per heavy atom. The molecule has 1 heterocycles. The maximum absolute atomic E-state index is 12.9. The lowest BCUT2D eigenvalue weighted by atomic mass is 10.2. The molecule has 3 nitrogen and oxygen atoms in total. The molecular formula is C15H23ClFN3. The van der Waals surface area contributed by atoms with Gasteiger partial charge in [-0.05, 0) is 44.3 Å². The van der Waals surface area contributed by atoms with E-state index in [0.717, 1.165) is 25.1 Å². The van der Waals surface area contributed by atoms with Crippen molar-refractivity contribution >= 4 is 11.6 Å². The topological polar surface area (TPSA) is 18.5 Å². The van der Waals surface area contributed by atoms with Gasteiger partial charge in [-0.3, -0.25) is 0 Å². The van der Waals surface area contributed by atoms with Crippen LogP contribution in [0.15, 0.2) is 18.2 Å². The lowest BCUT2D eigenvalue weighted by Gasteiger charge is -2.32. The molecule has 0 atom stereocenters. The molecular weight excluding hydrogens is 277 g/mol. The molecule has 1 fully saturated rings. The third-order valence-electron chi connectivity index (χ3n) is 3.75. The van der Waals surface area contributed by atoms with Gasteiger partial charge in [0.05, 0.1) is 0 Å². The summed E-state index contributed by atoms with van der Waals surface area (Å²) in [6.07, 6.45) is 1.13. The predicted molar refractivity (Wildman–Crippen MR) is 81.7 cm³/mol. The van der Waals surface area contributed by atoms with Crippen molar-refractivity contribution in [1.82, 2.24) is 15.1 Å². The van der Waals surface area contributed by atoms with Gasteiger partial charge in [0.1, 0.15) is 5.82 Å². The van der Waals surface area contributed by atoms with E-state index in [1.165, 1.54) is 38.3 Å². The summed E-state index contributed by atoms with van der Waals surface area (Å²) in [6.45, 7) is 7.46. The monoisotopic (exact) mass is 299 g/mol. The van der Waals surface area contributed by atoms with Crippen molar-refractivity contribution in [2.45, 2.75) is 13.0 Å². The summed E-state index contributed by atoms with van der Waals surface area (Å²) in [4.78, 5) is 4.87. The molecule has 20 heavy (non-hydrogen) atoms. The highest BCUT2D eigenvalue weighted by Gasteiger charge is 2.12. The maximum atomic E-state index is 12.9. The summed E-state index contributed by atoms with van der Waals surface area (Å²) >= 11 is 5.98. The molecule has 0 unspecified atom stereocenters. The van der Waals surface area contributed by atoms with Gasteiger partial charge in [-0.25, -0.2) is 4.39 Å². The van der Waals surface area contributed by atoms with Crippen LogP contribution in [0.2, 0.25) is 5.02 Å². The molecule has 0 radical (unpaired) electrons. The van der Waals surface area contributed by atoms with Crippen LogP contribution in [0.5, 0.6) is 0 Å². The van der Waals surface area contributed by atoms with Crippen LogP contribution in [0.25, 0.3) is 0 Å². The number of nitrogens with zero attached hydrogens (tertiary/aromatic N) is 2. The van der Waals surface area contributed by atoms with E-state index < -0.39 is 0 Å². The first kappa shape index (κ1) is 15.7. The summed E-state index contributed by atoms with van der Waals surface area (Å²) in [5, 5.41) is 3.86. The van der Waals surface area contributed by atoms with Crippen LogP contribution in [0.1, 0.15) is 12.0 Å². The summed E-state index contributed by atoms with van der Waals surface area (Å²) < 4.78 is 12.9. The second-order valence-electron chi connectivity index (χ2n) is 5.41. The minimum Gasteiger partial charge on any atom is -0.313 e. The van der Waals surface area contributed by atoms with E-state index >= 15 is 0 Å². The van der Waals surface area contributed by atoms with Gasteiger partial charge in [0.2, 0.25) is 0 Å². The zero-order chi connectivity index (χ0) is 14.4. The lowest BCUT2D eigenvalue weighted by Crippen LogP contribution is -2.45. The second kappa shape index (κ2) is 7.93. The summed E-state index contributed by atoms with van der Waals surface area (Å²) in [5.74, 6) is -0.284. The molecule has 1 aliphatic rings. The standard InChI is InChI=1S/C15H23ClFN3/c1-19-7-9-20(10-8-19)6-2-5-18-12-13-3-4-14(17)11-15(13)16/h3-4,11,18H,2,5-10,12H2,1H3. The van der Waals surface area contributed by atoms with E-state index in [0.29, 0.717) is 11.6 Å². The highest BCUT2D eigenvalue weighted by atomic mass is 35.5. The van der Waals surface area contributed by atoms with Gasteiger partial charge in [0, 0.05) is 37.7 Å². The molecule has 5 heteroatoms. The highest BCUT2D eigenvalue weighted by Crippen LogP contribution is 2.16. The normalized spacial score (nSPS) is 17.6. The van der Waals surface area contributed by atoms with E-state index in [9.17, 15) is 4.39 Å². The first-order valence-corrected chi connectivity index (χ1v) is 7.58. The number of benzene rings is 1. The van der Waals surface area contributed by atoms with Gasteiger partial charge in [-0.2, -0.15) is 0 Å². The SMILES string of the molecule is CN1CCN(CCCNCc2ccc(F)cc2Cl)CC1. The molecule has 0 aromatic heterocycles. The van der Waals surface area contributed by atoms with E-state index in [1.54, 1.807) is 6.07 Å². The predicted octanol–water partition coefficient (Wildman–Crippen LogP) is 2.21. The number of nitrogens with one attached hydrogen (secondary N) is 1. The molecule has 1 aromatic rings. The van der Waals surface area contributed by atoms with E-state index in [2.05, 4.69) is 22.2 Å². The molecule has 0 aliphatic carbocycles. The van der Waals surface area contributed by atoms with Crippen LogP contribution in [0.3, 0.4) is 0 Å². The van der Waals surface area contributed by atoms with Crippen LogP contribution < -0.4 is 5.32 Å². The highest BCUT2D eigenvalue weighted by molar-refractivity contribution is 6.31. The van der Waals surface area contributed by atoms with Crippen LogP contribution in [0, 0.1) is 5.82 Å². The maximum Gasteiger partial charge on any atom is 0.124 e. The van der Waals surface area contributed by atoms with Crippen molar-refractivity contribution in [1.29, 1.82) is 0 Å². The molecule has 1 saturated heterocycles. The summed E-state index contributed by atoms with van der Waals surface area (Å²) in [7, 11) is 2.17. The number of halogens is 2. The fourth-order valence-corrected chi connectivity index (χ4v) is 2.62. The van der Waals surface area contributed by atoms with Crippen molar-refractivity contribution < 1.29 is 4.39 Å². The average Bonchev–Trinajstić information content (AvgIpc) is 2.42. The Hall–Kier alpha value is -0.680. The molecule has 0 saturated carbocycles. The molecule has 112 valence electrons. The third-order valence-corrected chi connectivity index (χ3v) is 4.11. The Kier molecular flexibility index (Phi) is 6.23. The van der Waals surface area contributed by atoms with Crippen LogP contribution in [0.4, 0.5) is 4.39 Å². The Labute approximate surface area is 125 Å². The van der Waals surface area contributed by atoms with Gasteiger partial charge in [0.25, 0.3) is 0 Å². The van der Waals surface area contributed by atoms with Crippen molar-refractivity contribution in [3.05, 3.63) is 34.6 Å². The smallest absolute Gasteiger partial charge is 0.124 e. The Morgan fingerprint density at radius 3 is 2.70 bits per heavy atom. The summed E-state index contributed by atoms with van der Waals surface area (Å²) in [6, 6.07) is 4.56. The average molecular weight is 300 g/mol. The van der Waals surface area contributed by atoms with E-state index in [-0.39, 0.29) is 5.82 Å². The molecule has 0 bridgehead atoms. The lowest BCUT2D eigenvalue weighted by molar-refractivity contribution is 0.153. The number of hydrogen-bond acceptors (Lipinski definition) is 3. The van der Waals surface area contributed by atoms with Crippen molar-refractivity contribution in [3.8, 4) is 0 Å². The van der Waals surface area contributed by atoms with Gasteiger partial charge >= 0.3 is 0 Å². The van der Waals surface area contributed by atoms with E-state index in [4.69, 9.17) is 11.6 Å². The van der Waals surface area contributed by atoms with E-state index in [1.807, 2.05) is 0 Å². The molecule has 0 amide bonds. The fraction of sp³-hybridized carbons (Fsp3) is 0.600. The van der Waals surface area contributed by atoms with Gasteiger partial charge < -0.3 is 15.1 Å². The van der Waals surface area contributed by atoms with Gasteiger partial charge in [-0.15, -0.1) is 0 Å². The largest absolute Gasteiger partial charge is 0.313 e. The number of piperazine rings is 1. The van der Waals surface area contributed by atoms with Crippen LogP contribution in [-0.4, -0.2) is 56.1 Å². The zero-order valence-corrected chi connectivity index (χ0v) is 12.8. The van der Waals surface area contributed by atoms with Crippen molar-refractivity contribution in [2.24, 2.45) is 0 Å². The van der Waals surface area contributed by atoms with Gasteiger partial charge in [0.15, 0.2) is 0 Å². The second-order valence-corrected chi connectivity index (χ2v) is 5.82. The molecule has 1 N–H and O–H groups in total. The number of rotatable bonds is 6. The zero-order valence-electron chi connectivity index (χ0n) is 12.0. The molecule has 2 rings (SSSR count). The Balaban J connectivity index is 1.59. The first-order valence-electron chi connectivity index (χ1n) is 7.21. The molecule has 1 aromatic carbocycles.